The van der Waals surface area contributed by atoms with Crippen LogP contribution < -0.4 is 10.2 Å². The van der Waals surface area contributed by atoms with Crippen LogP contribution in [0.3, 0.4) is 0 Å². The molecule has 1 saturated heterocycles. The molecule has 136 valence electrons. The topological polar surface area (TPSA) is 58.4 Å². The van der Waals surface area contributed by atoms with E-state index >= 15 is 0 Å². The lowest BCUT2D eigenvalue weighted by molar-refractivity contribution is 0.724. The summed E-state index contributed by atoms with van der Waals surface area (Å²) in [7, 11) is 0. The number of benzene rings is 2. The van der Waals surface area contributed by atoms with Gasteiger partial charge >= 0.3 is 0 Å². The molecule has 0 bridgehead atoms. The van der Waals surface area contributed by atoms with Gasteiger partial charge in [-0.15, -0.1) is 10.2 Å². The molecule has 1 N–H and O–H groups in total. The number of hydrogen-bond donors (Lipinski definition) is 1. The Morgan fingerprint density at radius 2 is 1.89 bits per heavy atom. The van der Waals surface area contributed by atoms with Gasteiger partial charge in [0.1, 0.15) is 0 Å². The largest absolute Gasteiger partial charge is 0.341 e. The summed E-state index contributed by atoms with van der Waals surface area (Å²) in [5, 5.41) is 13.6. The van der Waals surface area contributed by atoms with Crippen molar-refractivity contribution in [3.63, 3.8) is 0 Å². The summed E-state index contributed by atoms with van der Waals surface area (Å²) in [4.78, 5) is 7.38. The third kappa shape index (κ3) is 2.82. The highest BCUT2D eigenvalue weighted by Gasteiger charge is 2.21. The summed E-state index contributed by atoms with van der Waals surface area (Å²) in [5.74, 6) is 1.77. The molecule has 0 aliphatic carbocycles. The maximum Gasteiger partial charge on any atom is 0.213 e. The molecule has 0 spiro atoms. The molecule has 6 heteroatoms. The smallest absolute Gasteiger partial charge is 0.213 e. The second kappa shape index (κ2) is 6.63. The SMILES string of the molecule is Cc1cccc(-c2nnc3c4ccccc4nc(N4CCCNCC4)n23)c1. The molecule has 3 heterocycles. The van der Waals surface area contributed by atoms with Gasteiger partial charge in [0.05, 0.1) is 5.52 Å². The van der Waals surface area contributed by atoms with Gasteiger partial charge in [-0.25, -0.2) is 9.38 Å². The van der Waals surface area contributed by atoms with Crippen molar-refractivity contribution < 1.29 is 0 Å². The van der Waals surface area contributed by atoms with E-state index in [-0.39, 0.29) is 0 Å². The molecule has 4 aromatic rings. The number of aromatic nitrogens is 4. The van der Waals surface area contributed by atoms with Crippen LogP contribution in [0.1, 0.15) is 12.0 Å². The Balaban J connectivity index is 1.81. The molecule has 0 radical (unpaired) electrons. The van der Waals surface area contributed by atoms with Crippen LogP contribution in [0.2, 0.25) is 0 Å². The fraction of sp³-hybridized carbons (Fsp3) is 0.286. The molecule has 1 aliphatic heterocycles. The molecule has 6 nitrogen and oxygen atoms in total. The number of aryl methyl sites for hydroxylation is 1. The summed E-state index contributed by atoms with van der Waals surface area (Å²) in [6.45, 7) is 5.99. The van der Waals surface area contributed by atoms with Crippen molar-refractivity contribution in [2.45, 2.75) is 13.3 Å². The average Bonchev–Trinajstić information content (AvgIpc) is 2.96. The second-order valence-electron chi connectivity index (χ2n) is 7.07. The van der Waals surface area contributed by atoms with E-state index in [4.69, 9.17) is 4.98 Å². The van der Waals surface area contributed by atoms with Gasteiger partial charge in [0.15, 0.2) is 11.5 Å². The first-order chi connectivity index (χ1) is 13.3. The highest BCUT2D eigenvalue weighted by Crippen LogP contribution is 2.28. The van der Waals surface area contributed by atoms with E-state index in [9.17, 15) is 0 Å². The Hall–Kier alpha value is -2.99. The van der Waals surface area contributed by atoms with Crippen LogP contribution in [0, 0.1) is 6.92 Å². The van der Waals surface area contributed by atoms with Gasteiger partial charge < -0.3 is 10.2 Å². The lowest BCUT2D eigenvalue weighted by Gasteiger charge is -2.23. The van der Waals surface area contributed by atoms with Gasteiger partial charge in [0.2, 0.25) is 5.95 Å². The Labute approximate surface area is 157 Å². The van der Waals surface area contributed by atoms with E-state index in [0.29, 0.717) is 0 Å². The minimum atomic E-state index is 0.846. The lowest BCUT2D eigenvalue weighted by atomic mass is 10.1. The molecule has 2 aromatic carbocycles. The van der Waals surface area contributed by atoms with Gasteiger partial charge in [-0.3, -0.25) is 0 Å². The highest BCUT2D eigenvalue weighted by atomic mass is 15.4. The van der Waals surface area contributed by atoms with Gasteiger partial charge in [0, 0.05) is 30.6 Å². The number of hydrogen-bond acceptors (Lipinski definition) is 5. The number of nitrogens with one attached hydrogen (secondary N) is 1. The fourth-order valence-electron chi connectivity index (χ4n) is 3.80. The molecule has 1 aliphatic rings. The zero-order valence-corrected chi connectivity index (χ0v) is 15.4. The zero-order chi connectivity index (χ0) is 18.2. The van der Waals surface area contributed by atoms with Crippen LogP contribution in [0.15, 0.2) is 48.5 Å². The number of para-hydroxylation sites is 1. The molecule has 5 rings (SSSR count). The van der Waals surface area contributed by atoms with Crippen molar-refractivity contribution in [1.82, 2.24) is 24.9 Å². The first-order valence-corrected chi connectivity index (χ1v) is 9.48. The van der Waals surface area contributed by atoms with E-state index < -0.39 is 0 Å². The molecule has 1 fully saturated rings. The number of nitrogens with zero attached hydrogens (tertiary/aromatic N) is 5. The predicted molar refractivity (Wildman–Crippen MR) is 108 cm³/mol. The first kappa shape index (κ1) is 16.2. The molecular formula is C21H22N6. The number of anilines is 1. The van der Waals surface area contributed by atoms with Gasteiger partial charge in [0.25, 0.3) is 0 Å². The molecular weight excluding hydrogens is 336 g/mol. The van der Waals surface area contributed by atoms with Crippen molar-refractivity contribution in [1.29, 1.82) is 0 Å². The van der Waals surface area contributed by atoms with E-state index in [0.717, 1.165) is 66.5 Å². The molecule has 0 atom stereocenters. The quantitative estimate of drug-likeness (QED) is 0.597. The van der Waals surface area contributed by atoms with Crippen LogP contribution in [0.4, 0.5) is 5.95 Å². The zero-order valence-electron chi connectivity index (χ0n) is 15.4. The van der Waals surface area contributed by atoms with Crippen molar-refractivity contribution >= 4 is 22.5 Å². The summed E-state index contributed by atoms with van der Waals surface area (Å²) in [6.07, 6.45) is 1.10. The van der Waals surface area contributed by atoms with Crippen molar-refractivity contribution in [2.75, 3.05) is 31.1 Å². The lowest BCUT2D eigenvalue weighted by Crippen LogP contribution is -2.30. The van der Waals surface area contributed by atoms with Crippen molar-refractivity contribution in [3.05, 3.63) is 54.1 Å². The minimum Gasteiger partial charge on any atom is -0.341 e. The maximum absolute atomic E-state index is 5.03. The average molecular weight is 358 g/mol. The summed E-state index contributed by atoms with van der Waals surface area (Å²) >= 11 is 0. The van der Waals surface area contributed by atoms with Crippen LogP contribution in [-0.2, 0) is 0 Å². The van der Waals surface area contributed by atoms with Crippen LogP contribution >= 0.6 is 0 Å². The third-order valence-corrected chi connectivity index (χ3v) is 5.13. The van der Waals surface area contributed by atoms with Gasteiger partial charge in [-0.1, -0.05) is 35.9 Å². The highest BCUT2D eigenvalue weighted by molar-refractivity contribution is 5.93. The standard InChI is InChI=1S/C21H22N6/c1-15-6-4-7-16(14-15)19-24-25-20-17-8-2-3-9-18(17)23-21(27(19)20)26-12-5-10-22-11-13-26/h2-4,6-9,14,22H,5,10-13H2,1H3. The van der Waals surface area contributed by atoms with E-state index in [1.165, 1.54) is 5.56 Å². The van der Waals surface area contributed by atoms with Gasteiger partial charge in [-0.2, -0.15) is 0 Å². The van der Waals surface area contributed by atoms with Crippen LogP contribution in [-0.4, -0.2) is 45.8 Å². The molecule has 0 amide bonds. The summed E-state index contributed by atoms with van der Waals surface area (Å²) in [5.41, 5.74) is 4.09. The minimum absolute atomic E-state index is 0.846. The summed E-state index contributed by atoms with van der Waals surface area (Å²) < 4.78 is 2.13. The molecule has 0 unspecified atom stereocenters. The van der Waals surface area contributed by atoms with Crippen molar-refractivity contribution in [3.8, 4) is 11.4 Å². The first-order valence-electron chi connectivity index (χ1n) is 9.48. The van der Waals surface area contributed by atoms with Gasteiger partial charge in [-0.05, 0) is 38.1 Å². The fourth-order valence-corrected chi connectivity index (χ4v) is 3.80. The predicted octanol–water partition coefficient (Wildman–Crippen LogP) is 3.05. The normalized spacial score (nSPS) is 15.4. The Bertz CT molecular complexity index is 1110. The van der Waals surface area contributed by atoms with Crippen LogP contribution in [0.25, 0.3) is 27.9 Å². The number of fused-ring (bicyclic) bond motifs is 3. The molecule has 27 heavy (non-hydrogen) atoms. The number of rotatable bonds is 2. The Kier molecular flexibility index (Phi) is 3.98. The van der Waals surface area contributed by atoms with Crippen LogP contribution in [0.5, 0.6) is 0 Å². The molecule has 2 aromatic heterocycles. The second-order valence-corrected chi connectivity index (χ2v) is 7.07. The Morgan fingerprint density at radius 1 is 0.963 bits per heavy atom. The van der Waals surface area contributed by atoms with Crippen molar-refractivity contribution in [2.24, 2.45) is 0 Å². The van der Waals surface area contributed by atoms with E-state index in [1.807, 2.05) is 12.1 Å². The van der Waals surface area contributed by atoms with E-state index in [2.05, 4.69) is 68.1 Å². The summed E-state index contributed by atoms with van der Waals surface area (Å²) in [6, 6.07) is 16.6. The monoisotopic (exact) mass is 358 g/mol. The Morgan fingerprint density at radius 3 is 2.81 bits per heavy atom. The third-order valence-electron chi connectivity index (χ3n) is 5.13. The van der Waals surface area contributed by atoms with E-state index in [1.54, 1.807) is 0 Å². The molecule has 0 saturated carbocycles. The maximum atomic E-state index is 5.03.